The zero-order valence-corrected chi connectivity index (χ0v) is 8.27. The van der Waals surface area contributed by atoms with E-state index in [0.29, 0.717) is 0 Å². The van der Waals surface area contributed by atoms with Crippen molar-refractivity contribution in [1.82, 2.24) is 4.90 Å². The van der Waals surface area contributed by atoms with Gasteiger partial charge in [0.2, 0.25) is 11.8 Å². The number of likely N-dealkylation sites (tertiary alicyclic amines) is 1. The van der Waals surface area contributed by atoms with Gasteiger partial charge in [0, 0.05) is 11.8 Å². The van der Waals surface area contributed by atoms with E-state index in [-0.39, 0.29) is 30.2 Å². The number of hydrogen-bond donors (Lipinski definition) is 1. The highest BCUT2D eigenvalue weighted by atomic mass is 16.3. The predicted octanol–water partition coefficient (Wildman–Crippen LogP) is 0.152. The molecule has 2 fully saturated rings. The lowest BCUT2D eigenvalue weighted by Crippen LogP contribution is -2.48. The van der Waals surface area contributed by atoms with Crippen LogP contribution < -0.4 is 0 Å². The summed E-state index contributed by atoms with van der Waals surface area (Å²) in [6.45, 7) is 1.75. The first-order valence-corrected chi connectivity index (χ1v) is 5.13. The number of amides is 2. The monoisotopic (exact) mass is 197 g/mol. The summed E-state index contributed by atoms with van der Waals surface area (Å²) >= 11 is 0. The largest absolute Gasteiger partial charge is 0.392 e. The van der Waals surface area contributed by atoms with Crippen molar-refractivity contribution >= 4 is 11.8 Å². The van der Waals surface area contributed by atoms with Gasteiger partial charge < -0.3 is 5.11 Å². The van der Waals surface area contributed by atoms with Crippen LogP contribution in [0.2, 0.25) is 0 Å². The number of aliphatic hydroxyl groups is 1. The topological polar surface area (TPSA) is 57.6 Å². The van der Waals surface area contributed by atoms with Gasteiger partial charge in [-0.1, -0.05) is 0 Å². The van der Waals surface area contributed by atoms with Crippen LogP contribution in [-0.4, -0.2) is 34.5 Å². The van der Waals surface area contributed by atoms with E-state index in [2.05, 4.69) is 0 Å². The highest BCUT2D eigenvalue weighted by molar-refractivity contribution is 6.00. The molecule has 0 aromatic heterocycles. The van der Waals surface area contributed by atoms with Crippen molar-refractivity contribution in [2.24, 2.45) is 11.8 Å². The second-order valence-corrected chi connectivity index (χ2v) is 4.34. The quantitative estimate of drug-likeness (QED) is 0.641. The lowest BCUT2D eigenvalue weighted by atomic mass is 9.97. The minimum absolute atomic E-state index is 0.0384. The van der Waals surface area contributed by atoms with Crippen molar-refractivity contribution in [3.05, 3.63) is 0 Å². The first-order chi connectivity index (χ1) is 6.59. The number of carbonyl (C=O) groups is 2. The predicted molar refractivity (Wildman–Crippen MR) is 49.2 cm³/mol. The summed E-state index contributed by atoms with van der Waals surface area (Å²) in [5.74, 6) is -0.0813. The molecule has 0 radical (unpaired) electrons. The number of carbonyl (C=O) groups excluding carboxylic acids is 2. The number of imide groups is 1. The van der Waals surface area contributed by atoms with E-state index in [9.17, 15) is 14.7 Å². The summed E-state index contributed by atoms with van der Waals surface area (Å²) in [6, 6.07) is 0. The average Bonchev–Trinajstić information content (AvgIpc) is 2.55. The molecular weight excluding hydrogens is 182 g/mol. The lowest BCUT2D eigenvalue weighted by molar-refractivity contribution is -0.154. The van der Waals surface area contributed by atoms with Gasteiger partial charge in [-0.3, -0.25) is 14.5 Å². The molecule has 1 saturated heterocycles. The van der Waals surface area contributed by atoms with Crippen LogP contribution >= 0.6 is 0 Å². The van der Waals surface area contributed by atoms with Gasteiger partial charge in [0.15, 0.2) is 0 Å². The Morgan fingerprint density at radius 2 is 1.86 bits per heavy atom. The minimum atomic E-state index is -0.625. The maximum atomic E-state index is 11.7. The maximum Gasteiger partial charge on any atom is 0.232 e. The second kappa shape index (κ2) is 3.35. The summed E-state index contributed by atoms with van der Waals surface area (Å²) in [6.07, 6.45) is 1.78. The van der Waals surface area contributed by atoms with E-state index in [1.807, 2.05) is 0 Å². The number of nitrogens with zero attached hydrogens (tertiary/aromatic N) is 1. The number of β-amino-alcohol motifs (C(OH)–C–C–N with tert-alkyl or cyclic N) is 1. The Kier molecular flexibility index (Phi) is 2.31. The molecule has 78 valence electrons. The third-order valence-electron chi connectivity index (χ3n) is 3.11. The van der Waals surface area contributed by atoms with Crippen molar-refractivity contribution in [2.45, 2.75) is 32.3 Å². The molecule has 14 heavy (non-hydrogen) atoms. The van der Waals surface area contributed by atoms with E-state index >= 15 is 0 Å². The molecule has 2 bridgehead atoms. The SMILES string of the molecule is CC(O)CN1C(=O)C2CCC(C2)C1=O. The van der Waals surface area contributed by atoms with E-state index < -0.39 is 6.10 Å². The van der Waals surface area contributed by atoms with Crippen LogP contribution in [0.15, 0.2) is 0 Å². The van der Waals surface area contributed by atoms with E-state index in [4.69, 9.17) is 0 Å². The molecule has 0 spiro atoms. The van der Waals surface area contributed by atoms with Gasteiger partial charge in [0.05, 0.1) is 12.6 Å². The lowest BCUT2D eigenvalue weighted by Gasteiger charge is -2.30. The van der Waals surface area contributed by atoms with Crippen molar-refractivity contribution in [3.8, 4) is 0 Å². The summed E-state index contributed by atoms with van der Waals surface area (Å²) in [7, 11) is 0. The molecular formula is C10H15NO3. The van der Waals surface area contributed by atoms with Gasteiger partial charge >= 0.3 is 0 Å². The number of hydrogen-bond acceptors (Lipinski definition) is 3. The number of fused-ring (bicyclic) bond motifs is 2. The molecule has 2 aliphatic rings. The van der Waals surface area contributed by atoms with Crippen LogP contribution in [0.1, 0.15) is 26.2 Å². The Bertz CT molecular complexity index is 253. The molecule has 1 aliphatic heterocycles. The van der Waals surface area contributed by atoms with Crippen molar-refractivity contribution in [1.29, 1.82) is 0 Å². The minimum Gasteiger partial charge on any atom is -0.392 e. The third kappa shape index (κ3) is 1.43. The second-order valence-electron chi connectivity index (χ2n) is 4.34. The van der Waals surface area contributed by atoms with Crippen LogP contribution in [0.5, 0.6) is 0 Å². The average molecular weight is 197 g/mol. The highest BCUT2D eigenvalue weighted by Crippen LogP contribution is 2.37. The maximum absolute atomic E-state index is 11.7. The van der Waals surface area contributed by atoms with Gasteiger partial charge in [-0.25, -0.2) is 0 Å². The van der Waals surface area contributed by atoms with Crippen molar-refractivity contribution < 1.29 is 14.7 Å². The van der Waals surface area contributed by atoms with E-state index in [1.54, 1.807) is 6.92 Å². The normalized spacial score (nSPS) is 33.7. The number of aliphatic hydroxyl groups excluding tert-OH is 1. The highest BCUT2D eigenvalue weighted by Gasteiger charge is 2.45. The number of rotatable bonds is 2. The van der Waals surface area contributed by atoms with Gasteiger partial charge in [0.25, 0.3) is 0 Å². The van der Waals surface area contributed by atoms with Crippen LogP contribution in [0.4, 0.5) is 0 Å². The fourth-order valence-electron chi connectivity index (χ4n) is 2.42. The standard InChI is InChI=1S/C10H15NO3/c1-6(12)5-11-9(13)7-2-3-8(4-7)10(11)14/h6-8,12H,2-5H2,1H3. The Hall–Kier alpha value is -0.900. The first kappa shape index (κ1) is 9.65. The van der Waals surface area contributed by atoms with Crippen LogP contribution in [0.25, 0.3) is 0 Å². The molecule has 4 heteroatoms. The molecule has 1 N–H and O–H groups in total. The molecule has 0 aromatic carbocycles. The van der Waals surface area contributed by atoms with Crippen LogP contribution in [-0.2, 0) is 9.59 Å². The fraction of sp³-hybridized carbons (Fsp3) is 0.800. The molecule has 2 rings (SSSR count). The van der Waals surface area contributed by atoms with Crippen molar-refractivity contribution in [3.63, 3.8) is 0 Å². The summed E-state index contributed by atoms with van der Waals surface area (Å²) < 4.78 is 0. The Balaban J connectivity index is 2.15. The molecule has 3 atom stereocenters. The zero-order valence-electron chi connectivity index (χ0n) is 8.27. The smallest absolute Gasteiger partial charge is 0.232 e. The van der Waals surface area contributed by atoms with Crippen LogP contribution in [0.3, 0.4) is 0 Å². The van der Waals surface area contributed by atoms with E-state index in [1.165, 1.54) is 4.90 Å². The molecule has 1 heterocycles. The Labute approximate surface area is 82.9 Å². The fourth-order valence-corrected chi connectivity index (χ4v) is 2.42. The summed E-state index contributed by atoms with van der Waals surface area (Å²) in [4.78, 5) is 24.7. The Morgan fingerprint density at radius 3 is 2.29 bits per heavy atom. The van der Waals surface area contributed by atoms with E-state index in [0.717, 1.165) is 19.3 Å². The zero-order chi connectivity index (χ0) is 10.3. The summed E-state index contributed by atoms with van der Waals surface area (Å²) in [5.41, 5.74) is 0. The van der Waals surface area contributed by atoms with Gasteiger partial charge in [-0.05, 0) is 26.2 Å². The van der Waals surface area contributed by atoms with Gasteiger partial charge in [0.1, 0.15) is 0 Å². The molecule has 2 amide bonds. The molecule has 0 aromatic rings. The van der Waals surface area contributed by atoms with Gasteiger partial charge in [-0.15, -0.1) is 0 Å². The Morgan fingerprint density at radius 1 is 1.36 bits per heavy atom. The third-order valence-corrected chi connectivity index (χ3v) is 3.11. The summed E-state index contributed by atoms with van der Waals surface area (Å²) in [5, 5.41) is 9.19. The first-order valence-electron chi connectivity index (χ1n) is 5.13. The molecule has 1 aliphatic carbocycles. The van der Waals surface area contributed by atoms with Crippen molar-refractivity contribution in [2.75, 3.05) is 6.54 Å². The molecule has 4 nitrogen and oxygen atoms in total. The molecule has 1 saturated carbocycles. The molecule has 3 unspecified atom stereocenters. The number of piperidine rings is 1. The van der Waals surface area contributed by atoms with Gasteiger partial charge in [-0.2, -0.15) is 0 Å². The van der Waals surface area contributed by atoms with Crippen LogP contribution in [0, 0.1) is 11.8 Å².